The lowest BCUT2D eigenvalue weighted by Crippen LogP contribution is -2.44. The zero-order valence-electron chi connectivity index (χ0n) is 10.9. The van der Waals surface area contributed by atoms with Gasteiger partial charge in [-0.2, -0.15) is 0 Å². The Hall–Kier alpha value is 0.0700. The van der Waals surface area contributed by atoms with Crippen LogP contribution in [0.4, 0.5) is 0 Å². The molecule has 1 aliphatic rings. The molecular weight excluding hydrogens is 220 g/mol. The summed E-state index contributed by atoms with van der Waals surface area (Å²) in [6.07, 6.45) is 1.19. The first-order valence-electron chi connectivity index (χ1n) is 6.39. The Morgan fingerprint density at radius 3 is 2.44 bits per heavy atom. The van der Waals surface area contributed by atoms with Crippen molar-refractivity contribution in [1.29, 1.82) is 0 Å². The van der Waals surface area contributed by atoms with Gasteiger partial charge < -0.3 is 5.32 Å². The molecule has 1 rings (SSSR count). The number of hydrogen-bond donors (Lipinski definition) is 1. The van der Waals surface area contributed by atoms with Gasteiger partial charge in [-0.1, -0.05) is 13.8 Å². The van der Waals surface area contributed by atoms with Crippen molar-refractivity contribution in [2.75, 3.05) is 37.7 Å². The molecule has 1 unspecified atom stereocenters. The van der Waals surface area contributed by atoms with Crippen LogP contribution < -0.4 is 5.32 Å². The third-order valence-electron chi connectivity index (χ3n) is 3.13. The van der Waals surface area contributed by atoms with Crippen LogP contribution in [0.2, 0.25) is 0 Å². The Bertz CT molecular complexity index is 211. The lowest BCUT2D eigenvalue weighted by Gasteiger charge is -2.32. The molecule has 4 heteroatoms. The van der Waals surface area contributed by atoms with Crippen LogP contribution in [-0.2, 0) is 10.8 Å². The fourth-order valence-electron chi connectivity index (χ4n) is 1.98. The molecule has 0 bridgehead atoms. The van der Waals surface area contributed by atoms with Gasteiger partial charge in [0, 0.05) is 41.4 Å². The molecule has 1 aliphatic heterocycles. The van der Waals surface area contributed by atoms with Gasteiger partial charge >= 0.3 is 0 Å². The van der Waals surface area contributed by atoms with Crippen molar-refractivity contribution < 1.29 is 4.21 Å². The van der Waals surface area contributed by atoms with E-state index >= 15 is 0 Å². The third kappa shape index (κ3) is 5.41. The summed E-state index contributed by atoms with van der Waals surface area (Å²) in [6, 6.07) is 0.622. The molecule has 16 heavy (non-hydrogen) atoms. The lowest BCUT2D eigenvalue weighted by molar-refractivity contribution is 0.217. The van der Waals surface area contributed by atoms with Crippen molar-refractivity contribution in [3.63, 3.8) is 0 Å². The second kappa shape index (κ2) is 7.41. The minimum Gasteiger partial charge on any atom is -0.316 e. The van der Waals surface area contributed by atoms with E-state index in [2.05, 4.69) is 31.0 Å². The second-order valence-electron chi connectivity index (χ2n) is 5.12. The molecule has 0 saturated carbocycles. The molecule has 96 valence electrons. The first-order chi connectivity index (χ1) is 7.59. The van der Waals surface area contributed by atoms with E-state index in [0.29, 0.717) is 6.04 Å². The summed E-state index contributed by atoms with van der Waals surface area (Å²) >= 11 is 0. The van der Waals surface area contributed by atoms with Crippen molar-refractivity contribution in [1.82, 2.24) is 10.2 Å². The quantitative estimate of drug-likeness (QED) is 0.712. The summed E-state index contributed by atoms with van der Waals surface area (Å²) in [5, 5.41) is 3.48. The van der Waals surface area contributed by atoms with Gasteiger partial charge in [0.15, 0.2) is 0 Å². The van der Waals surface area contributed by atoms with Gasteiger partial charge in [0.05, 0.1) is 0 Å². The van der Waals surface area contributed by atoms with Crippen molar-refractivity contribution in [3.05, 3.63) is 0 Å². The first kappa shape index (κ1) is 14.1. The molecule has 0 aliphatic carbocycles. The fraction of sp³-hybridized carbons (Fsp3) is 1.00. The second-order valence-corrected chi connectivity index (χ2v) is 6.82. The average molecular weight is 246 g/mol. The molecule has 1 N–H and O–H groups in total. The normalized spacial score (nSPS) is 21.5. The molecule has 0 aromatic rings. The van der Waals surface area contributed by atoms with E-state index in [1.165, 1.54) is 6.42 Å². The largest absolute Gasteiger partial charge is 0.316 e. The van der Waals surface area contributed by atoms with E-state index in [-0.39, 0.29) is 0 Å². The minimum atomic E-state index is -0.548. The zero-order chi connectivity index (χ0) is 12.0. The summed E-state index contributed by atoms with van der Waals surface area (Å²) in [7, 11) is -0.548. The fourth-order valence-corrected chi connectivity index (χ4v) is 3.06. The Kier molecular flexibility index (Phi) is 6.54. The van der Waals surface area contributed by atoms with Crippen LogP contribution in [0, 0.1) is 5.92 Å². The molecule has 0 aromatic carbocycles. The maximum absolute atomic E-state index is 11.2. The highest BCUT2D eigenvalue weighted by Gasteiger charge is 2.19. The molecule has 0 aromatic heterocycles. The van der Waals surface area contributed by atoms with Crippen LogP contribution in [0.15, 0.2) is 0 Å². The highest BCUT2D eigenvalue weighted by atomic mass is 32.2. The summed E-state index contributed by atoms with van der Waals surface area (Å²) in [5.74, 6) is 2.46. The van der Waals surface area contributed by atoms with E-state index in [4.69, 9.17) is 0 Å². The number of nitrogens with zero attached hydrogens (tertiary/aromatic N) is 1. The van der Waals surface area contributed by atoms with E-state index in [0.717, 1.165) is 43.6 Å². The van der Waals surface area contributed by atoms with Crippen LogP contribution in [-0.4, -0.2) is 52.8 Å². The monoisotopic (exact) mass is 246 g/mol. The van der Waals surface area contributed by atoms with Gasteiger partial charge in [0.2, 0.25) is 0 Å². The van der Waals surface area contributed by atoms with Gasteiger partial charge in [-0.3, -0.25) is 9.11 Å². The van der Waals surface area contributed by atoms with Gasteiger partial charge in [0.1, 0.15) is 0 Å². The topological polar surface area (TPSA) is 32.3 Å². The summed E-state index contributed by atoms with van der Waals surface area (Å²) < 4.78 is 11.2. The maximum Gasteiger partial charge on any atom is 0.0363 e. The van der Waals surface area contributed by atoms with Crippen molar-refractivity contribution in [2.45, 2.75) is 33.2 Å². The van der Waals surface area contributed by atoms with E-state index in [1.54, 1.807) is 0 Å². The smallest absolute Gasteiger partial charge is 0.0363 e. The third-order valence-corrected chi connectivity index (χ3v) is 4.40. The van der Waals surface area contributed by atoms with Crippen LogP contribution in [0.1, 0.15) is 27.2 Å². The standard InChI is InChI=1S/C12H26N2OS/c1-11(2)10-13-5-4-12(3)14-6-8-16(15)9-7-14/h11-13H,4-10H2,1-3H3. The molecule has 0 radical (unpaired) electrons. The Labute approximate surface area is 102 Å². The van der Waals surface area contributed by atoms with Crippen LogP contribution in [0.25, 0.3) is 0 Å². The van der Waals surface area contributed by atoms with Crippen molar-refractivity contribution in [2.24, 2.45) is 5.92 Å². The van der Waals surface area contributed by atoms with Crippen LogP contribution >= 0.6 is 0 Å². The molecule has 1 heterocycles. The summed E-state index contributed by atoms with van der Waals surface area (Å²) in [6.45, 7) is 11.0. The molecule has 1 atom stereocenters. The minimum absolute atomic E-state index is 0.548. The Morgan fingerprint density at radius 2 is 1.88 bits per heavy atom. The lowest BCUT2D eigenvalue weighted by atomic mass is 10.2. The number of rotatable bonds is 6. The van der Waals surface area contributed by atoms with Gasteiger partial charge in [0.25, 0.3) is 0 Å². The van der Waals surface area contributed by atoms with E-state index in [9.17, 15) is 4.21 Å². The molecule has 3 nitrogen and oxygen atoms in total. The van der Waals surface area contributed by atoms with Crippen molar-refractivity contribution in [3.8, 4) is 0 Å². The van der Waals surface area contributed by atoms with Crippen LogP contribution in [0.3, 0.4) is 0 Å². The summed E-state index contributed by atoms with van der Waals surface area (Å²) in [4.78, 5) is 2.47. The van der Waals surface area contributed by atoms with E-state index in [1.807, 2.05) is 0 Å². The van der Waals surface area contributed by atoms with Gasteiger partial charge in [-0.15, -0.1) is 0 Å². The summed E-state index contributed by atoms with van der Waals surface area (Å²) in [5.41, 5.74) is 0. The maximum atomic E-state index is 11.2. The zero-order valence-corrected chi connectivity index (χ0v) is 11.7. The average Bonchev–Trinajstić information content (AvgIpc) is 2.25. The predicted molar refractivity (Wildman–Crippen MR) is 71.2 cm³/mol. The number of hydrogen-bond acceptors (Lipinski definition) is 3. The van der Waals surface area contributed by atoms with Gasteiger partial charge in [-0.25, -0.2) is 0 Å². The first-order valence-corrected chi connectivity index (χ1v) is 7.88. The van der Waals surface area contributed by atoms with Crippen molar-refractivity contribution >= 4 is 10.8 Å². The molecule has 0 spiro atoms. The highest BCUT2D eigenvalue weighted by Crippen LogP contribution is 2.07. The Morgan fingerprint density at radius 1 is 1.25 bits per heavy atom. The molecule has 1 fully saturated rings. The molecule has 1 saturated heterocycles. The molecule has 0 amide bonds. The SMILES string of the molecule is CC(C)CNCCC(C)N1CCS(=O)CC1. The van der Waals surface area contributed by atoms with Gasteiger partial charge in [-0.05, 0) is 32.4 Å². The van der Waals surface area contributed by atoms with E-state index < -0.39 is 10.8 Å². The Balaban J connectivity index is 2.10. The molecular formula is C12H26N2OS. The number of nitrogens with one attached hydrogen (secondary N) is 1. The highest BCUT2D eigenvalue weighted by molar-refractivity contribution is 7.85. The predicted octanol–water partition coefficient (Wildman–Crippen LogP) is 1.07. The van der Waals surface area contributed by atoms with Crippen LogP contribution in [0.5, 0.6) is 0 Å².